The minimum absolute atomic E-state index is 0.0641. The maximum atomic E-state index is 12.4. The van der Waals surface area contributed by atoms with Gasteiger partial charge in [0.2, 0.25) is 0 Å². The zero-order valence-corrected chi connectivity index (χ0v) is 11.5. The number of carbonyl (C=O) groups is 1. The number of ketones is 1. The van der Waals surface area contributed by atoms with Gasteiger partial charge >= 0.3 is 0 Å². The van der Waals surface area contributed by atoms with Crippen LogP contribution in [0.2, 0.25) is 0 Å². The molecule has 0 atom stereocenters. The average Bonchev–Trinajstić information content (AvgIpc) is 3.02. The first-order valence-electron chi connectivity index (χ1n) is 6.78. The lowest BCUT2D eigenvalue weighted by atomic mass is 10.0. The molecule has 3 rings (SSSR count). The Hall–Kier alpha value is -2.13. The molecule has 1 heterocycles. The molecule has 0 aliphatic carbocycles. The highest BCUT2D eigenvalue weighted by molar-refractivity contribution is 6.09. The first-order chi connectivity index (χ1) is 9.74. The number of hydrogen-bond donors (Lipinski definition) is 0. The number of aryl methyl sites for hydroxylation is 1. The Bertz CT molecular complexity index is 596. The second kappa shape index (κ2) is 5.47. The lowest BCUT2D eigenvalue weighted by molar-refractivity contribution is 0.103. The largest absolute Gasteiger partial charge is 0.359 e. The molecule has 102 valence electrons. The summed E-state index contributed by atoms with van der Waals surface area (Å²) >= 11 is 0. The third-order valence-electron chi connectivity index (χ3n) is 3.56. The molecule has 2 aromatic carbocycles. The summed E-state index contributed by atoms with van der Waals surface area (Å²) in [5, 5.41) is 0. The van der Waals surface area contributed by atoms with Crippen molar-refractivity contribution in [2.45, 2.75) is 6.92 Å². The third-order valence-corrected chi connectivity index (χ3v) is 3.56. The van der Waals surface area contributed by atoms with Crippen LogP contribution in [0.3, 0.4) is 0 Å². The van der Waals surface area contributed by atoms with E-state index in [0.717, 1.165) is 35.5 Å². The van der Waals surface area contributed by atoms with Crippen LogP contribution in [0.1, 0.15) is 21.5 Å². The molecule has 3 heteroatoms. The van der Waals surface area contributed by atoms with Gasteiger partial charge in [-0.1, -0.05) is 29.8 Å². The number of hydrogen-bond acceptors (Lipinski definition) is 3. The summed E-state index contributed by atoms with van der Waals surface area (Å²) in [6, 6.07) is 15.4. The van der Waals surface area contributed by atoms with Gasteiger partial charge in [0.05, 0.1) is 6.61 Å². The van der Waals surface area contributed by atoms with E-state index in [2.05, 4.69) is 4.90 Å². The van der Waals surface area contributed by atoms with Crippen molar-refractivity contribution in [1.29, 1.82) is 0 Å². The fourth-order valence-electron chi connectivity index (χ4n) is 2.31. The molecule has 0 amide bonds. The smallest absolute Gasteiger partial charge is 0.193 e. The SMILES string of the molecule is Cc1ccc(C(=O)c2ccc(N3CCOC3)cc2)cc1. The minimum atomic E-state index is 0.0641. The summed E-state index contributed by atoms with van der Waals surface area (Å²) in [4.78, 5) is 14.5. The maximum absolute atomic E-state index is 12.4. The van der Waals surface area contributed by atoms with Crippen LogP contribution >= 0.6 is 0 Å². The topological polar surface area (TPSA) is 29.5 Å². The molecule has 0 bridgehead atoms. The van der Waals surface area contributed by atoms with E-state index in [-0.39, 0.29) is 5.78 Å². The van der Waals surface area contributed by atoms with Crippen LogP contribution in [0.15, 0.2) is 48.5 Å². The second-order valence-electron chi connectivity index (χ2n) is 5.04. The maximum Gasteiger partial charge on any atom is 0.193 e. The highest BCUT2D eigenvalue weighted by Crippen LogP contribution is 2.19. The number of rotatable bonds is 3. The molecule has 20 heavy (non-hydrogen) atoms. The fraction of sp³-hybridized carbons (Fsp3) is 0.235. The van der Waals surface area contributed by atoms with Crippen LogP contribution in [0, 0.1) is 6.92 Å². The molecular weight excluding hydrogens is 250 g/mol. The minimum Gasteiger partial charge on any atom is -0.359 e. The van der Waals surface area contributed by atoms with Crippen LogP contribution in [0.25, 0.3) is 0 Å². The van der Waals surface area contributed by atoms with E-state index < -0.39 is 0 Å². The van der Waals surface area contributed by atoms with Crippen molar-refractivity contribution >= 4 is 11.5 Å². The van der Waals surface area contributed by atoms with E-state index in [1.807, 2.05) is 55.5 Å². The number of benzene rings is 2. The van der Waals surface area contributed by atoms with Gasteiger partial charge in [-0.3, -0.25) is 4.79 Å². The van der Waals surface area contributed by atoms with Gasteiger partial charge in [0, 0.05) is 23.4 Å². The Morgan fingerprint density at radius 3 is 2.15 bits per heavy atom. The lowest BCUT2D eigenvalue weighted by Crippen LogP contribution is -2.18. The fourth-order valence-corrected chi connectivity index (χ4v) is 2.31. The van der Waals surface area contributed by atoms with Gasteiger partial charge in [-0.25, -0.2) is 0 Å². The Morgan fingerprint density at radius 1 is 1.00 bits per heavy atom. The summed E-state index contributed by atoms with van der Waals surface area (Å²) in [7, 11) is 0. The number of ether oxygens (including phenoxy) is 1. The van der Waals surface area contributed by atoms with Gasteiger partial charge in [-0.05, 0) is 31.2 Å². The second-order valence-corrected chi connectivity index (χ2v) is 5.04. The molecule has 0 N–H and O–H groups in total. The van der Waals surface area contributed by atoms with Crippen LogP contribution in [-0.4, -0.2) is 25.7 Å². The number of nitrogens with zero attached hydrogens (tertiary/aromatic N) is 1. The molecular formula is C17H17NO2. The van der Waals surface area contributed by atoms with Crippen molar-refractivity contribution in [3.8, 4) is 0 Å². The van der Waals surface area contributed by atoms with Gasteiger partial charge in [-0.2, -0.15) is 0 Å². The standard InChI is InChI=1S/C17H17NO2/c1-13-2-4-14(5-3-13)17(19)15-6-8-16(9-7-15)18-10-11-20-12-18/h2-9H,10-12H2,1H3. The van der Waals surface area contributed by atoms with Gasteiger partial charge in [0.25, 0.3) is 0 Å². The zero-order chi connectivity index (χ0) is 13.9. The average molecular weight is 267 g/mol. The normalized spacial score (nSPS) is 14.6. The highest BCUT2D eigenvalue weighted by Gasteiger charge is 2.14. The van der Waals surface area contributed by atoms with Gasteiger partial charge in [0.1, 0.15) is 6.73 Å². The molecule has 3 nitrogen and oxygen atoms in total. The molecule has 0 spiro atoms. The third kappa shape index (κ3) is 2.58. The summed E-state index contributed by atoms with van der Waals surface area (Å²) in [5.41, 5.74) is 3.71. The molecule has 0 saturated carbocycles. The van der Waals surface area contributed by atoms with E-state index in [0.29, 0.717) is 6.73 Å². The predicted molar refractivity (Wildman–Crippen MR) is 79.2 cm³/mol. The molecule has 1 aliphatic heterocycles. The summed E-state index contributed by atoms with van der Waals surface area (Å²) in [6.45, 7) is 4.32. The first-order valence-corrected chi connectivity index (χ1v) is 6.78. The molecule has 0 unspecified atom stereocenters. The van der Waals surface area contributed by atoms with Crippen molar-refractivity contribution in [3.05, 3.63) is 65.2 Å². The molecule has 1 aliphatic rings. The summed E-state index contributed by atoms with van der Waals surface area (Å²) < 4.78 is 5.33. The van der Waals surface area contributed by atoms with Crippen molar-refractivity contribution < 1.29 is 9.53 Å². The van der Waals surface area contributed by atoms with Crippen LogP contribution in [0.4, 0.5) is 5.69 Å². The van der Waals surface area contributed by atoms with Gasteiger partial charge in [0.15, 0.2) is 5.78 Å². The van der Waals surface area contributed by atoms with E-state index in [9.17, 15) is 4.79 Å². The molecule has 0 radical (unpaired) electrons. The summed E-state index contributed by atoms with van der Waals surface area (Å²) in [6.07, 6.45) is 0. The summed E-state index contributed by atoms with van der Waals surface area (Å²) in [5.74, 6) is 0.0641. The quantitative estimate of drug-likeness (QED) is 0.801. The predicted octanol–water partition coefficient (Wildman–Crippen LogP) is 3.02. The number of carbonyl (C=O) groups excluding carboxylic acids is 1. The molecule has 1 saturated heterocycles. The van der Waals surface area contributed by atoms with Gasteiger partial charge in [-0.15, -0.1) is 0 Å². The van der Waals surface area contributed by atoms with Gasteiger partial charge < -0.3 is 9.64 Å². The molecule has 1 fully saturated rings. The first kappa shape index (κ1) is 12.9. The Kier molecular flexibility index (Phi) is 3.52. The molecule has 2 aromatic rings. The van der Waals surface area contributed by atoms with Crippen LogP contribution < -0.4 is 4.90 Å². The molecule has 0 aromatic heterocycles. The van der Waals surface area contributed by atoms with Crippen LogP contribution in [0.5, 0.6) is 0 Å². The highest BCUT2D eigenvalue weighted by atomic mass is 16.5. The van der Waals surface area contributed by atoms with E-state index in [1.54, 1.807) is 0 Å². The zero-order valence-electron chi connectivity index (χ0n) is 11.5. The van der Waals surface area contributed by atoms with E-state index in [4.69, 9.17) is 4.74 Å². The van der Waals surface area contributed by atoms with Crippen molar-refractivity contribution in [1.82, 2.24) is 0 Å². The Morgan fingerprint density at radius 2 is 1.60 bits per heavy atom. The number of anilines is 1. The van der Waals surface area contributed by atoms with Crippen molar-refractivity contribution in [2.75, 3.05) is 24.8 Å². The Balaban J connectivity index is 1.80. The van der Waals surface area contributed by atoms with E-state index >= 15 is 0 Å². The van der Waals surface area contributed by atoms with E-state index in [1.165, 1.54) is 0 Å². The van der Waals surface area contributed by atoms with Crippen molar-refractivity contribution in [3.63, 3.8) is 0 Å². The lowest BCUT2D eigenvalue weighted by Gasteiger charge is -2.15. The monoisotopic (exact) mass is 267 g/mol. The Labute approximate surface area is 118 Å². The van der Waals surface area contributed by atoms with Crippen LogP contribution in [-0.2, 0) is 4.74 Å². The van der Waals surface area contributed by atoms with Crippen molar-refractivity contribution in [2.24, 2.45) is 0 Å².